The molecule has 170 valence electrons. The molecule has 0 spiro atoms. The number of carboxylic acid groups (broad SMARTS) is 1. The first-order valence-corrected chi connectivity index (χ1v) is 9.44. The van der Waals surface area contributed by atoms with Crippen molar-refractivity contribution in [3.05, 3.63) is 53.6 Å². The quantitative estimate of drug-likeness (QED) is 0.733. The maximum Gasteiger partial charge on any atom is 0.490 e. The third-order valence-electron chi connectivity index (χ3n) is 4.59. The number of fused-ring (bicyclic) bond motifs is 1. The summed E-state index contributed by atoms with van der Waals surface area (Å²) < 4.78 is 47.6. The van der Waals surface area contributed by atoms with Crippen LogP contribution in [0.4, 0.5) is 17.6 Å². The molecule has 0 fully saturated rings. The van der Waals surface area contributed by atoms with Crippen LogP contribution < -0.4 is 0 Å². The van der Waals surface area contributed by atoms with Gasteiger partial charge in [0.2, 0.25) is 5.91 Å². The lowest BCUT2D eigenvalue weighted by Gasteiger charge is -2.26. The van der Waals surface area contributed by atoms with Gasteiger partial charge in [-0.1, -0.05) is 18.2 Å². The summed E-state index contributed by atoms with van der Waals surface area (Å²) in [5.74, 6) is -2.83. The fourth-order valence-corrected chi connectivity index (χ4v) is 3.27. The van der Waals surface area contributed by atoms with Crippen molar-refractivity contribution in [3.8, 4) is 0 Å². The molecule has 1 N–H and O–H groups in total. The van der Waals surface area contributed by atoms with Crippen molar-refractivity contribution in [1.29, 1.82) is 0 Å². The van der Waals surface area contributed by atoms with Gasteiger partial charge in [0.25, 0.3) is 0 Å². The van der Waals surface area contributed by atoms with Crippen LogP contribution in [0.15, 0.2) is 36.5 Å². The number of benzene rings is 1. The van der Waals surface area contributed by atoms with Gasteiger partial charge in [0.05, 0.1) is 18.7 Å². The van der Waals surface area contributed by atoms with Crippen molar-refractivity contribution in [2.75, 3.05) is 27.2 Å². The Morgan fingerprint density at radius 2 is 1.84 bits per heavy atom. The lowest BCUT2D eigenvalue weighted by atomic mass is 10.1. The van der Waals surface area contributed by atoms with Gasteiger partial charge < -0.3 is 14.9 Å². The number of hydrogen-bond donors (Lipinski definition) is 1. The summed E-state index contributed by atoms with van der Waals surface area (Å²) >= 11 is 0. The molecule has 1 aliphatic rings. The van der Waals surface area contributed by atoms with Crippen molar-refractivity contribution in [3.63, 3.8) is 0 Å². The molecule has 11 heteroatoms. The Morgan fingerprint density at radius 1 is 1.19 bits per heavy atom. The molecule has 0 saturated carbocycles. The van der Waals surface area contributed by atoms with E-state index in [0.29, 0.717) is 24.6 Å². The normalized spacial score (nSPS) is 16.2. The standard InChI is InChI=1S/C18H23FN4O.C2HF3O2/c1-21(2)10-14-11-22(13-16-7-8-20-23(16)12-14)18(24)9-15-5-3-4-6-17(15)19;3-2(4,5)1(6)7/h3-8,14H,9-13H2,1-2H3;(H,6,7). The summed E-state index contributed by atoms with van der Waals surface area (Å²) in [6.07, 6.45) is -3.22. The van der Waals surface area contributed by atoms with E-state index in [4.69, 9.17) is 9.90 Å². The second-order valence-electron chi connectivity index (χ2n) is 7.48. The molecule has 0 bridgehead atoms. The highest BCUT2D eigenvalue weighted by Gasteiger charge is 2.38. The molecule has 1 amide bonds. The molecule has 1 atom stereocenters. The topological polar surface area (TPSA) is 78.7 Å². The zero-order valence-electron chi connectivity index (χ0n) is 17.1. The van der Waals surface area contributed by atoms with E-state index < -0.39 is 12.1 Å². The van der Waals surface area contributed by atoms with Gasteiger partial charge in [-0.05, 0) is 31.8 Å². The predicted octanol–water partition coefficient (Wildman–Crippen LogP) is 2.42. The second kappa shape index (κ2) is 10.4. The van der Waals surface area contributed by atoms with Gasteiger partial charge in [0.1, 0.15) is 5.82 Å². The van der Waals surface area contributed by atoms with E-state index >= 15 is 0 Å². The number of carbonyl (C=O) groups is 2. The molecule has 1 aromatic carbocycles. The van der Waals surface area contributed by atoms with E-state index in [-0.39, 0.29) is 18.1 Å². The van der Waals surface area contributed by atoms with Gasteiger partial charge >= 0.3 is 12.1 Å². The summed E-state index contributed by atoms with van der Waals surface area (Å²) in [5.41, 5.74) is 1.47. The molecule has 0 saturated heterocycles. The highest BCUT2D eigenvalue weighted by molar-refractivity contribution is 5.78. The summed E-state index contributed by atoms with van der Waals surface area (Å²) in [4.78, 5) is 25.6. The van der Waals surface area contributed by atoms with Crippen molar-refractivity contribution < 1.29 is 32.3 Å². The van der Waals surface area contributed by atoms with Crippen molar-refractivity contribution in [2.24, 2.45) is 5.92 Å². The minimum absolute atomic E-state index is 0.0430. The lowest BCUT2D eigenvalue weighted by Crippen LogP contribution is -2.38. The highest BCUT2D eigenvalue weighted by atomic mass is 19.4. The molecule has 2 aromatic rings. The van der Waals surface area contributed by atoms with Crippen molar-refractivity contribution >= 4 is 11.9 Å². The minimum atomic E-state index is -5.08. The smallest absolute Gasteiger partial charge is 0.475 e. The third-order valence-corrected chi connectivity index (χ3v) is 4.59. The zero-order valence-corrected chi connectivity index (χ0v) is 17.1. The summed E-state index contributed by atoms with van der Waals surface area (Å²) in [6.45, 7) is 2.86. The molecular formula is C20H24F4N4O3. The van der Waals surface area contributed by atoms with Gasteiger partial charge in [-0.3, -0.25) is 9.48 Å². The molecule has 31 heavy (non-hydrogen) atoms. The Kier molecular flexibility index (Phi) is 8.14. The molecule has 1 aromatic heterocycles. The molecule has 0 radical (unpaired) electrons. The van der Waals surface area contributed by atoms with E-state index in [1.54, 1.807) is 24.4 Å². The van der Waals surface area contributed by atoms with E-state index in [1.165, 1.54) is 6.07 Å². The van der Waals surface area contributed by atoms with Crippen LogP contribution in [0.1, 0.15) is 11.3 Å². The monoisotopic (exact) mass is 444 g/mol. The van der Waals surface area contributed by atoms with Crippen LogP contribution in [0.2, 0.25) is 0 Å². The molecule has 1 unspecified atom stereocenters. The van der Waals surface area contributed by atoms with E-state index in [9.17, 15) is 22.4 Å². The Bertz CT molecular complexity index is 899. The number of amides is 1. The highest BCUT2D eigenvalue weighted by Crippen LogP contribution is 2.18. The first-order valence-electron chi connectivity index (χ1n) is 9.44. The summed E-state index contributed by atoms with van der Waals surface area (Å²) in [7, 11) is 4.06. The van der Waals surface area contributed by atoms with E-state index in [0.717, 1.165) is 18.8 Å². The molecule has 0 aliphatic carbocycles. The Hall–Kier alpha value is -2.95. The number of hydrogen-bond acceptors (Lipinski definition) is 4. The van der Waals surface area contributed by atoms with Gasteiger partial charge in [-0.2, -0.15) is 18.3 Å². The van der Waals surface area contributed by atoms with Gasteiger partial charge in [-0.25, -0.2) is 9.18 Å². The third kappa shape index (κ3) is 7.35. The average Bonchev–Trinajstić information content (AvgIpc) is 3.01. The number of nitrogens with zero attached hydrogens (tertiary/aromatic N) is 4. The Morgan fingerprint density at radius 3 is 2.42 bits per heavy atom. The molecule has 1 aliphatic heterocycles. The van der Waals surface area contributed by atoms with Crippen LogP contribution in [0, 0.1) is 11.7 Å². The number of halogens is 4. The lowest BCUT2D eigenvalue weighted by molar-refractivity contribution is -0.192. The first-order chi connectivity index (χ1) is 14.5. The van der Waals surface area contributed by atoms with Crippen LogP contribution in [0.3, 0.4) is 0 Å². The average molecular weight is 444 g/mol. The SMILES string of the molecule is CN(C)CC1CN(C(=O)Cc2ccccc2F)Cc2ccnn2C1.O=C(O)C(F)(F)F. The van der Waals surface area contributed by atoms with Crippen LogP contribution >= 0.6 is 0 Å². The zero-order chi connectivity index (χ0) is 23.2. The second-order valence-corrected chi connectivity index (χ2v) is 7.48. The Balaban J connectivity index is 0.000000423. The predicted molar refractivity (Wildman–Crippen MR) is 103 cm³/mol. The van der Waals surface area contributed by atoms with E-state index in [2.05, 4.69) is 10.00 Å². The number of carbonyl (C=O) groups excluding carboxylic acids is 1. The maximum absolute atomic E-state index is 13.8. The maximum atomic E-state index is 13.8. The number of aliphatic carboxylic acids is 1. The van der Waals surface area contributed by atoms with Crippen LogP contribution in [-0.4, -0.2) is 69.9 Å². The van der Waals surface area contributed by atoms with Crippen LogP contribution in [0.5, 0.6) is 0 Å². The molecule has 7 nitrogen and oxygen atoms in total. The largest absolute Gasteiger partial charge is 0.490 e. The number of carboxylic acids is 1. The molecular weight excluding hydrogens is 420 g/mol. The Labute approximate surface area is 176 Å². The molecule has 3 rings (SSSR count). The van der Waals surface area contributed by atoms with E-state index in [1.807, 2.05) is 29.7 Å². The summed E-state index contributed by atoms with van der Waals surface area (Å²) in [5, 5.41) is 11.5. The van der Waals surface area contributed by atoms with Gasteiger partial charge in [-0.15, -0.1) is 0 Å². The number of aromatic nitrogens is 2. The van der Waals surface area contributed by atoms with Gasteiger partial charge in [0, 0.05) is 31.7 Å². The fraction of sp³-hybridized carbons (Fsp3) is 0.450. The van der Waals surface area contributed by atoms with Crippen molar-refractivity contribution in [1.82, 2.24) is 19.6 Å². The minimum Gasteiger partial charge on any atom is -0.475 e. The van der Waals surface area contributed by atoms with Gasteiger partial charge in [0.15, 0.2) is 0 Å². The fourth-order valence-electron chi connectivity index (χ4n) is 3.27. The van der Waals surface area contributed by atoms with Crippen LogP contribution in [-0.2, 0) is 29.1 Å². The van der Waals surface area contributed by atoms with Crippen molar-refractivity contribution in [2.45, 2.75) is 25.7 Å². The summed E-state index contributed by atoms with van der Waals surface area (Å²) in [6, 6.07) is 8.42. The number of alkyl halides is 3. The first kappa shape index (κ1) is 24.3. The van der Waals surface area contributed by atoms with Crippen LogP contribution in [0.25, 0.3) is 0 Å². The molecule has 2 heterocycles. The number of rotatable bonds is 4.